The van der Waals surface area contributed by atoms with Gasteiger partial charge in [-0.2, -0.15) is 5.10 Å². The lowest BCUT2D eigenvalue weighted by Crippen LogP contribution is -2.22. The summed E-state index contributed by atoms with van der Waals surface area (Å²) in [6.45, 7) is 12.5. The van der Waals surface area contributed by atoms with Crippen molar-refractivity contribution in [3.05, 3.63) is 17.0 Å². The Morgan fingerprint density at radius 2 is 1.95 bits per heavy atom. The highest BCUT2D eigenvalue weighted by molar-refractivity contribution is 5.28. The normalized spacial score (nSPS) is 12.8. The van der Waals surface area contributed by atoms with E-state index in [0.717, 1.165) is 31.6 Å². The van der Waals surface area contributed by atoms with Crippen LogP contribution in [0.1, 0.15) is 49.7 Å². The van der Waals surface area contributed by atoms with Crippen molar-refractivity contribution >= 4 is 0 Å². The van der Waals surface area contributed by atoms with Crippen LogP contribution in [0.15, 0.2) is 0 Å². The molecule has 0 aromatic carbocycles. The fourth-order valence-electron chi connectivity index (χ4n) is 2.60. The van der Waals surface area contributed by atoms with Gasteiger partial charge in [-0.25, -0.2) is 0 Å². The predicted octanol–water partition coefficient (Wildman–Crippen LogP) is 2.61. The lowest BCUT2D eigenvalue weighted by molar-refractivity contribution is 0.0651. The van der Waals surface area contributed by atoms with Gasteiger partial charge in [0.2, 0.25) is 0 Å². The number of rotatable bonds is 11. The van der Waals surface area contributed by atoms with Gasteiger partial charge < -0.3 is 14.8 Å². The van der Waals surface area contributed by atoms with E-state index in [4.69, 9.17) is 9.47 Å². The molecule has 0 spiro atoms. The van der Waals surface area contributed by atoms with E-state index in [1.165, 1.54) is 11.3 Å². The molecule has 0 aliphatic rings. The summed E-state index contributed by atoms with van der Waals surface area (Å²) >= 11 is 0. The van der Waals surface area contributed by atoms with Crippen LogP contribution in [0.2, 0.25) is 0 Å². The zero-order valence-corrected chi connectivity index (χ0v) is 14.2. The first-order valence-electron chi connectivity index (χ1n) is 7.99. The predicted molar refractivity (Wildman–Crippen MR) is 85.7 cm³/mol. The molecule has 0 radical (unpaired) electrons. The van der Waals surface area contributed by atoms with Gasteiger partial charge in [0, 0.05) is 24.4 Å². The fraction of sp³-hybridized carbons (Fsp3) is 0.812. The number of nitrogens with one attached hydrogen (secondary N) is 1. The smallest absolute Gasteiger partial charge is 0.0701 e. The molecule has 1 unspecified atom stereocenters. The molecule has 1 heterocycles. The van der Waals surface area contributed by atoms with Gasteiger partial charge in [0.15, 0.2) is 0 Å². The van der Waals surface area contributed by atoms with E-state index in [9.17, 15) is 0 Å². The van der Waals surface area contributed by atoms with Crippen LogP contribution in [0, 0.1) is 13.8 Å². The second-order valence-electron chi connectivity index (χ2n) is 5.33. The fourth-order valence-corrected chi connectivity index (χ4v) is 2.60. The van der Waals surface area contributed by atoms with Crippen LogP contribution in [0.5, 0.6) is 0 Å². The van der Waals surface area contributed by atoms with E-state index in [1.54, 1.807) is 7.11 Å². The van der Waals surface area contributed by atoms with Gasteiger partial charge in [-0.3, -0.25) is 4.68 Å². The Labute approximate surface area is 129 Å². The van der Waals surface area contributed by atoms with Gasteiger partial charge in [0.1, 0.15) is 0 Å². The zero-order valence-electron chi connectivity index (χ0n) is 14.2. The van der Waals surface area contributed by atoms with Crippen LogP contribution >= 0.6 is 0 Å². The molecule has 0 aliphatic heterocycles. The van der Waals surface area contributed by atoms with Crippen molar-refractivity contribution in [2.24, 2.45) is 0 Å². The number of methoxy groups -OCH3 is 1. The van der Waals surface area contributed by atoms with Gasteiger partial charge in [0.25, 0.3) is 0 Å². The summed E-state index contributed by atoms with van der Waals surface area (Å²) in [5, 5.41) is 8.28. The topological polar surface area (TPSA) is 48.3 Å². The Morgan fingerprint density at radius 3 is 2.57 bits per heavy atom. The molecular weight excluding hydrogens is 266 g/mol. The minimum Gasteiger partial charge on any atom is -0.382 e. The van der Waals surface area contributed by atoms with E-state index in [-0.39, 0.29) is 0 Å². The largest absolute Gasteiger partial charge is 0.382 e. The third-order valence-electron chi connectivity index (χ3n) is 3.71. The molecule has 0 saturated heterocycles. The lowest BCUT2D eigenvalue weighted by atomic mass is 10.0. The quantitative estimate of drug-likeness (QED) is 0.638. The van der Waals surface area contributed by atoms with Crippen molar-refractivity contribution in [3.63, 3.8) is 0 Å². The van der Waals surface area contributed by atoms with Crippen molar-refractivity contribution in [2.75, 3.05) is 33.5 Å². The van der Waals surface area contributed by atoms with Crippen LogP contribution in [0.4, 0.5) is 0 Å². The third kappa shape index (κ3) is 5.41. The van der Waals surface area contributed by atoms with Gasteiger partial charge >= 0.3 is 0 Å². The van der Waals surface area contributed by atoms with E-state index < -0.39 is 0 Å². The maximum Gasteiger partial charge on any atom is 0.0701 e. The Bertz CT molecular complexity index is 404. The maximum absolute atomic E-state index is 5.53. The second kappa shape index (κ2) is 9.92. The first-order chi connectivity index (χ1) is 10.2. The number of hydrogen-bond donors (Lipinski definition) is 1. The Balaban J connectivity index is 2.65. The molecule has 1 aromatic heterocycles. The van der Waals surface area contributed by atoms with E-state index in [1.807, 2.05) is 0 Å². The molecule has 0 saturated carbocycles. The SMILES string of the molecule is CCCNC(CC)c1c(C)nn(CCOCCOC)c1C. The molecule has 122 valence electrons. The summed E-state index contributed by atoms with van der Waals surface area (Å²) in [5.74, 6) is 0. The number of aryl methyl sites for hydroxylation is 1. The summed E-state index contributed by atoms with van der Waals surface area (Å²) in [7, 11) is 1.69. The minimum atomic E-state index is 0.396. The summed E-state index contributed by atoms with van der Waals surface area (Å²) < 4.78 is 12.6. The molecule has 0 aliphatic carbocycles. The van der Waals surface area contributed by atoms with Gasteiger partial charge in [-0.15, -0.1) is 0 Å². The maximum atomic E-state index is 5.53. The standard InChI is InChI=1S/C16H31N3O2/c1-6-8-17-15(7-2)16-13(3)18-19(14(16)4)9-10-21-12-11-20-5/h15,17H,6-12H2,1-5H3. The van der Waals surface area contributed by atoms with E-state index >= 15 is 0 Å². The Hall–Kier alpha value is -0.910. The van der Waals surface area contributed by atoms with E-state index in [0.29, 0.717) is 25.9 Å². The highest BCUT2D eigenvalue weighted by atomic mass is 16.5. The molecule has 1 N–H and O–H groups in total. The van der Waals surface area contributed by atoms with Crippen LogP contribution in [-0.4, -0.2) is 43.3 Å². The summed E-state index contributed by atoms with van der Waals surface area (Å²) in [6.07, 6.45) is 2.23. The Morgan fingerprint density at radius 1 is 1.19 bits per heavy atom. The second-order valence-corrected chi connectivity index (χ2v) is 5.33. The summed E-state index contributed by atoms with van der Waals surface area (Å²) in [6, 6.07) is 0.396. The minimum absolute atomic E-state index is 0.396. The average Bonchev–Trinajstić information content (AvgIpc) is 2.75. The number of nitrogens with zero attached hydrogens (tertiary/aromatic N) is 2. The molecule has 5 heteroatoms. The number of ether oxygens (including phenoxy) is 2. The molecule has 0 fully saturated rings. The van der Waals surface area contributed by atoms with Gasteiger partial charge in [-0.1, -0.05) is 13.8 Å². The van der Waals surface area contributed by atoms with Crippen LogP contribution < -0.4 is 5.32 Å². The van der Waals surface area contributed by atoms with Crippen LogP contribution in [0.3, 0.4) is 0 Å². The average molecular weight is 297 g/mol. The lowest BCUT2D eigenvalue weighted by Gasteiger charge is -2.17. The number of aromatic nitrogens is 2. The molecule has 0 bridgehead atoms. The summed E-state index contributed by atoms with van der Waals surface area (Å²) in [4.78, 5) is 0. The van der Waals surface area contributed by atoms with Crippen molar-refractivity contribution in [1.29, 1.82) is 0 Å². The Kier molecular flexibility index (Phi) is 8.57. The number of hydrogen-bond acceptors (Lipinski definition) is 4. The molecule has 1 atom stereocenters. The first-order valence-corrected chi connectivity index (χ1v) is 7.99. The highest BCUT2D eigenvalue weighted by Gasteiger charge is 2.18. The van der Waals surface area contributed by atoms with Crippen LogP contribution in [0.25, 0.3) is 0 Å². The molecule has 0 amide bonds. The molecular formula is C16H31N3O2. The van der Waals surface area contributed by atoms with Crippen LogP contribution in [-0.2, 0) is 16.0 Å². The van der Waals surface area contributed by atoms with Crippen molar-refractivity contribution < 1.29 is 9.47 Å². The summed E-state index contributed by atoms with van der Waals surface area (Å²) in [5.41, 5.74) is 3.72. The highest BCUT2D eigenvalue weighted by Crippen LogP contribution is 2.24. The van der Waals surface area contributed by atoms with Crippen molar-refractivity contribution in [2.45, 2.75) is 53.1 Å². The molecule has 21 heavy (non-hydrogen) atoms. The molecule has 1 aromatic rings. The van der Waals surface area contributed by atoms with Gasteiger partial charge in [-0.05, 0) is 33.2 Å². The zero-order chi connectivity index (χ0) is 15.7. The molecule has 5 nitrogen and oxygen atoms in total. The molecule has 1 rings (SSSR count). The van der Waals surface area contributed by atoms with Crippen molar-refractivity contribution in [3.8, 4) is 0 Å². The third-order valence-corrected chi connectivity index (χ3v) is 3.71. The van der Waals surface area contributed by atoms with Gasteiger partial charge in [0.05, 0.1) is 32.1 Å². The monoisotopic (exact) mass is 297 g/mol. The first kappa shape index (κ1) is 18.1. The van der Waals surface area contributed by atoms with E-state index in [2.05, 4.69) is 42.8 Å². The van der Waals surface area contributed by atoms with Crippen molar-refractivity contribution in [1.82, 2.24) is 15.1 Å².